The summed E-state index contributed by atoms with van der Waals surface area (Å²) >= 11 is 8.30. The first-order valence-electron chi connectivity index (χ1n) is 7.38. The van der Waals surface area contributed by atoms with Gasteiger partial charge in [0.05, 0.1) is 11.0 Å². The second kappa shape index (κ2) is 6.22. The van der Waals surface area contributed by atoms with E-state index in [4.69, 9.17) is 16.6 Å². The standard InChI is InChI=1S/C16H20ClIN2/c1-11-2-3-12(8-11)10-20-15-5-4-13(18)9-14(15)19-16(20)6-7-17/h4-5,9,11-12H,2-3,6-8,10H2,1H3. The Labute approximate surface area is 139 Å². The molecule has 2 atom stereocenters. The number of aromatic nitrogens is 2. The van der Waals surface area contributed by atoms with E-state index in [1.165, 1.54) is 28.3 Å². The Morgan fingerprint density at radius 3 is 2.95 bits per heavy atom. The van der Waals surface area contributed by atoms with Crippen LogP contribution < -0.4 is 0 Å². The molecule has 0 N–H and O–H groups in total. The highest BCUT2D eigenvalue weighted by atomic mass is 127. The van der Waals surface area contributed by atoms with Gasteiger partial charge in [0, 0.05) is 22.4 Å². The smallest absolute Gasteiger partial charge is 0.111 e. The lowest BCUT2D eigenvalue weighted by Crippen LogP contribution is -2.11. The third-order valence-electron chi connectivity index (χ3n) is 4.35. The number of benzene rings is 1. The fourth-order valence-corrected chi connectivity index (χ4v) is 4.02. The Kier molecular flexibility index (Phi) is 4.55. The number of alkyl halides is 1. The number of nitrogens with zero attached hydrogens (tertiary/aromatic N) is 2. The van der Waals surface area contributed by atoms with Gasteiger partial charge in [0.15, 0.2) is 0 Å². The van der Waals surface area contributed by atoms with Crippen molar-refractivity contribution < 1.29 is 0 Å². The molecule has 1 aromatic heterocycles. The van der Waals surface area contributed by atoms with Crippen LogP contribution in [-0.4, -0.2) is 15.4 Å². The average Bonchev–Trinajstić information content (AvgIpc) is 2.95. The predicted molar refractivity (Wildman–Crippen MR) is 93.4 cm³/mol. The third-order valence-corrected chi connectivity index (χ3v) is 5.21. The molecular formula is C16H20ClIN2. The highest BCUT2D eigenvalue weighted by Gasteiger charge is 2.23. The molecule has 2 nitrogen and oxygen atoms in total. The van der Waals surface area contributed by atoms with Crippen LogP contribution in [-0.2, 0) is 13.0 Å². The number of aryl methyl sites for hydroxylation is 1. The van der Waals surface area contributed by atoms with E-state index in [9.17, 15) is 0 Å². The number of fused-ring (bicyclic) bond motifs is 1. The predicted octanol–water partition coefficient (Wildman–Crippen LogP) is 4.86. The largest absolute Gasteiger partial charge is 0.328 e. The maximum absolute atomic E-state index is 5.95. The maximum atomic E-state index is 5.95. The second-order valence-corrected chi connectivity index (χ2v) is 7.62. The summed E-state index contributed by atoms with van der Waals surface area (Å²) in [4.78, 5) is 4.80. The van der Waals surface area contributed by atoms with E-state index in [-0.39, 0.29) is 0 Å². The van der Waals surface area contributed by atoms with Crippen molar-refractivity contribution in [2.75, 3.05) is 5.88 Å². The summed E-state index contributed by atoms with van der Waals surface area (Å²) in [5.74, 6) is 3.47. The molecule has 108 valence electrons. The van der Waals surface area contributed by atoms with Crippen molar-refractivity contribution in [3.63, 3.8) is 0 Å². The van der Waals surface area contributed by atoms with Crippen LogP contribution in [0.3, 0.4) is 0 Å². The van der Waals surface area contributed by atoms with E-state index < -0.39 is 0 Å². The van der Waals surface area contributed by atoms with Crippen LogP contribution in [0.2, 0.25) is 0 Å². The van der Waals surface area contributed by atoms with Crippen molar-refractivity contribution in [1.82, 2.24) is 9.55 Å². The summed E-state index contributed by atoms with van der Waals surface area (Å²) in [7, 11) is 0. The maximum Gasteiger partial charge on any atom is 0.111 e. The molecule has 0 radical (unpaired) electrons. The van der Waals surface area contributed by atoms with E-state index in [0.717, 1.165) is 36.1 Å². The van der Waals surface area contributed by atoms with Crippen LogP contribution in [0.25, 0.3) is 11.0 Å². The van der Waals surface area contributed by atoms with Gasteiger partial charge in [0.1, 0.15) is 5.82 Å². The van der Waals surface area contributed by atoms with Crippen molar-refractivity contribution in [3.05, 3.63) is 27.6 Å². The highest BCUT2D eigenvalue weighted by Crippen LogP contribution is 2.33. The van der Waals surface area contributed by atoms with E-state index in [1.54, 1.807) is 0 Å². The third kappa shape index (κ3) is 2.98. The zero-order valence-corrected chi connectivity index (χ0v) is 14.7. The molecule has 0 amide bonds. The molecule has 4 heteroatoms. The Bertz CT molecular complexity index is 608. The molecule has 1 aliphatic rings. The minimum Gasteiger partial charge on any atom is -0.328 e. The number of rotatable bonds is 4. The van der Waals surface area contributed by atoms with Crippen molar-refractivity contribution in [3.8, 4) is 0 Å². The topological polar surface area (TPSA) is 17.8 Å². The minimum absolute atomic E-state index is 0.640. The van der Waals surface area contributed by atoms with Gasteiger partial charge in [-0.25, -0.2) is 4.98 Å². The first kappa shape index (κ1) is 14.6. The molecule has 1 fully saturated rings. The van der Waals surface area contributed by atoms with Gasteiger partial charge in [-0.1, -0.05) is 13.3 Å². The van der Waals surface area contributed by atoms with Crippen molar-refractivity contribution in [2.45, 2.75) is 39.2 Å². The van der Waals surface area contributed by atoms with Gasteiger partial charge in [-0.15, -0.1) is 11.6 Å². The molecule has 20 heavy (non-hydrogen) atoms. The molecule has 1 heterocycles. The van der Waals surface area contributed by atoms with Crippen molar-refractivity contribution in [2.24, 2.45) is 11.8 Å². The highest BCUT2D eigenvalue weighted by molar-refractivity contribution is 14.1. The van der Waals surface area contributed by atoms with E-state index in [2.05, 4.69) is 52.3 Å². The van der Waals surface area contributed by atoms with Crippen LogP contribution >= 0.6 is 34.2 Å². The quantitative estimate of drug-likeness (QED) is 0.527. The number of hydrogen-bond acceptors (Lipinski definition) is 1. The van der Waals surface area contributed by atoms with Crippen LogP contribution in [0, 0.1) is 15.4 Å². The normalized spacial score (nSPS) is 22.8. The summed E-state index contributed by atoms with van der Waals surface area (Å²) < 4.78 is 3.66. The Morgan fingerprint density at radius 1 is 1.40 bits per heavy atom. The average molecular weight is 403 g/mol. The Balaban J connectivity index is 1.95. The Hall–Kier alpha value is -0.290. The molecule has 1 aromatic carbocycles. The SMILES string of the molecule is CC1CCC(Cn2c(CCCl)nc3cc(I)ccc32)C1. The molecule has 3 rings (SSSR count). The summed E-state index contributed by atoms with van der Waals surface area (Å²) in [5.41, 5.74) is 2.38. The monoisotopic (exact) mass is 402 g/mol. The van der Waals surface area contributed by atoms with Crippen molar-refractivity contribution in [1.29, 1.82) is 0 Å². The van der Waals surface area contributed by atoms with Gasteiger partial charge in [-0.2, -0.15) is 0 Å². The van der Waals surface area contributed by atoms with Gasteiger partial charge in [-0.05, 0) is 65.5 Å². The zero-order valence-electron chi connectivity index (χ0n) is 11.8. The van der Waals surface area contributed by atoms with Crippen molar-refractivity contribution >= 4 is 45.2 Å². The second-order valence-electron chi connectivity index (χ2n) is 5.99. The number of imidazole rings is 1. The summed E-state index contributed by atoms with van der Waals surface area (Å²) in [6, 6.07) is 6.55. The lowest BCUT2D eigenvalue weighted by molar-refractivity contribution is 0.439. The molecule has 1 aliphatic carbocycles. The van der Waals surface area contributed by atoms with Gasteiger partial charge in [-0.3, -0.25) is 0 Å². The lowest BCUT2D eigenvalue weighted by atomic mass is 10.1. The molecule has 2 unspecified atom stereocenters. The zero-order chi connectivity index (χ0) is 14.1. The molecular weight excluding hydrogens is 383 g/mol. The van der Waals surface area contributed by atoms with Gasteiger partial charge >= 0.3 is 0 Å². The summed E-state index contributed by atoms with van der Waals surface area (Å²) in [6.45, 7) is 3.47. The van der Waals surface area contributed by atoms with Gasteiger partial charge in [0.2, 0.25) is 0 Å². The van der Waals surface area contributed by atoms with Crippen LogP contribution in [0.5, 0.6) is 0 Å². The first-order chi connectivity index (χ1) is 9.67. The molecule has 0 spiro atoms. The molecule has 0 saturated heterocycles. The fraction of sp³-hybridized carbons (Fsp3) is 0.562. The summed E-state index contributed by atoms with van der Waals surface area (Å²) in [5, 5.41) is 0. The van der Waals surface area contributed by atoms with Gasteiger partial charge < -0.3 is 4.57 Å². The minimum atomic E-state index is 0.640. The molecule has 0 bridgehead atoms. The molecule has 1 saturated carbocycles. The van der Waals surface area contributed by atoms with E-state index in [1.807, 2.05) is 0 Å². The molecule has 2 aromatic rings. The fourth-order valence-electron chi connectivity index (χ4n) is 3.38. The first-order valence-corrected chi connectivity index (χ1v) is 8.99. The number of halogens is 2. The van der Waals surface area contributed by atoms with E-state index >= 15 is 0 Å². The van der Waals surface area contributed by atoms with Gasteiger partial charge in [0.25, 0.3) is 0 Å². The summed E-state index contributed by atoms with van der Waals surface area (Å²) in [6.07, 6.45) is 4.94. The number of hydrogen-bond donors (Lipinski definition) is 0. The van der Waals surface area contributed by atoms with Crippen LogP contribution in [0.1, 0.15) is 32.0 Å². The van der Waals surface area contributed by atoms with E-state index in [0.29, 0.717) is 5.88 Å². The van der Waals surface area contributed by atoms with Crippen LogP contribution in [0.4, 0.5) is 0 Å². The van der Waals surface area contributed by atoms with Crippen LogP contribution in [0.15, 0.2) is 18.2 Å². The Morgan fingerprint density at radius 2 is 2.25 bits per heavy atom. The lowest BCUT2D eigenvalue weighted by Gasteiger charge is -2.14. The molecule has 0 aliphatic heterocycles.